The van der Waals surface area contributed by atoms with Crippen molar-refractivity contribution in [2.45, 2.75) is 13.0 Å². The average Bonchev–Trinajstić information content (AvgIpc) is 3.07. The van der Waals surface area contributed by atoms with Crippen LogP contribution in [0.15, 0.2) is 34.8 Å². The van der Waals surface area contributed by atoms with Gasteiger partial charge in [0.2, 0.25) is 5.88 Å². The normalized spacial score (nSPS) is 15.6. The number of amides is 1. The van der Waals surface area contributed by atoms with E-state index in [1.165, 1.54) is 7.11 Å². The Balaban J connectivity index is 0.000000780. The van der Waals surface area contributed by atoms with Gasteiger partial charge in [0.25, 0.3) is 5.91 Å². The molecule has 2 rings (SSSR count). The third-order valence-corrected chi connectivity index (χ3v) is 5.55. The lowest BCUT2D eigenvalue weighted by Gasteiger charge is -2.24. The number of carboxylic acid groups (broad SMARTS) is 4. The summed E-state index contributed by atoms with van der Waals surface area (Å²) in [6.45, 7) is 6.82. The molecular formula is C24H34BrN5O10. The first-order valence-electron chi connectivity index (χ1n) is 11.7. The van der Waals surface area contributed by atoms with Crippen molar-refractivity contribution in [3.63, 3.8) is 0 Å². The van der Waals surface area contributed by atoms with E-state index in [-0.39, 0.29) is 11.9 Å². The van der Waals surface area contributed by atoms with Crippen LogP contribution in [0.2, 0.25) is 0 Å². The van der Waals surface area contributed by atoms with Crippen molar-refractivity contribution in [1.29, 1.82) is 0 Å². The van der Waals surface area contributed by atoms with Crippen LogP contribution < -0.4 is 15.4 Å². The number of hydrogen-bond donors (Lipinski definition) is 6. The third kappa shape index (κ3) is 15.4. The maximum atomic E-state index is 12.7. The summed E-state index contributed by atoms with van der Waals surface area (Å²) in [5.41, 5.74) is 0.429. The van der Waals surface area contributed by atoms with Crippen molar-refractivity contribution < 1.29 is 49.1 Å². The Morgan fingerprint density at radius 2 is 1.50 bits per heavy atom. The topological polar surface area (TPSA) is 219 Å². The molecule has 40 heavy (non-hydrogen) atoms. The molecule has 1 saturated heterocycles. The zero-order valence-corrected chi connectivity index (χ0v) is 24.0. The number of anilines is 1. The fourth-order valence-corrected chi connectivity index (χ4v) is 3.65. The summed E-state index contributed by atoms with van der Waals surface area (Å²) in [6.07, 6.45) is 2.23. The van der Waals surface area contributed by atoms with E-state index >= 15 is 0 Å². The van der Waals surface area contributed by atoms with Crippen LogP contribution in [0.4, 0.5) is 5.82 Å². The monoisotopic (exact) mass is 631 g/mol. The molecule has 0 bridgehead atoms. The highest BCUT2D eigenvalue weighted by molar-refractivity contribution is 9.10. The van der Waals surface area contributed by atoms with Crippen LogP contribution in [0.5, 0.6) is 5.88 Å². The number of likely N-dealkylation sites (N-methyl/N-ethyl adjacent to an activating group) is 2. The minimum Gasteiger partial charge on any atom is -0.480 e. The molecule has 15 nitrogen and oxygen atoms in total. The van der Waals surface area contributed by atoms with Crippen LogP contribution in [0.25, 0.3) is 0 Å². The zero-order valence-electron chi connectivity index (χ0n) is 22.5. The van der Waals surface area contributed by atoms with Gasteiger partial charge in [0.15, 0.2) is 0 Å². The standard InChI is InChI=1S/C16H26BrN5O2.2C4H4O4/c1-5-22-7-6-21(3)9-11(10-22)19-15(23)12-8-13(17)14(18-2)20-16(12)24-4;2*5-3(6)1-2-4(7)8/h8,11H,5-7,9-10H2,1-4H3,(H,18,20)(H,19,23);2*1-2H,(H,5,6)(H,7,8). The van der Waals surface area contributed by atoms with Gasteiger partial charge in [-0.3, -0.25) is 4.79 Å². The number of nitrogens with one attached hydrogen (secondary N) is 2. The molecule has 0 saturated carbocycles. The smallest absolute Gasteiger partial charge is 0.328 e. The maximum absolute atomic E-state index is 12.7. The van der Waals surface area contributed by atoms with E-state index in [0.717, 1.165) is 37.2 Å². The van der Waals surface area contributed by atoms with Crippen LogP contribution in [0, 0.1) is 0 Å². The van der Waals surface area contributed by atoms with Gasteiger partial charge in [-0.15, -0.1) is 0 Å². The molecule has 0 spiro atoms. The molecule has 222 valence electrons. The van der Waals surface area contributed by atoms with Crippen LogP contribution in [-0.2, 0) is 19.2 Å². The Labute approximate surface area is 239 Å². The number of hydrogen-bond acceptors (Lipinski definition) is 10. The predicted molar refractivity (Wildman–Crippen MR) is 148 cm³/mol. The Morgan fingerprint density at radius 1 is 1.00 bits per heavy atom. The summed E-state index contributed by atoms with van der Waals surface area (Å²) >= 11 is 3.43. The molecule has 0 aliphatic carbocycles. The van der Waals surface area contributed by atoms with Gasteiger partial charge in [0.1, 0.15) is 11.4 Å². The van der Waals surface area contributed by atoms with Gasteiger partial charge >= 0.3 is 23.9 Å². The van der Waals surface area contributed by atoms with Crippen LogP contribution in [0.1, 0.15) is 17.3 Å². The number of carboxylic acids is 4. The second kappa shape index (κ2) is 19.1. The molecule has 16 heteroatoms. The van der Waals surface area contributed by atoms with Gasteiger partial charge in [-0.2, -0.15) is 4.98 Å². The molecule has 1 atom stereocenters. The first-order chi connectivity index (χ1) is 18.7. The van der Waals surface area contributed by atoms with E-state index in [1.807, 2.05) is 0 Å². The molecule has 1 unspecified atom stereocenters. The lowest BCUT2D eigenvalue weighted by molar-refractivity contribution is -0.134. The number of carbonyl (C=O) groups is 5. The number of halogens is 1. The van der Waals surface area contributed by atoms with Gasteiger partial charge in [0, 0.05) is 57.5 Å². The molecular weight excluding hydrogens is 598 g/mol. The molecule has 1 aliphatic rings. The SMILES string of the molecule is CCN1CCN(C)CC(NC(=O)c2cc(Br)c(NC)nc2OC)C1.O=C(O)C=CC(=O)O.O=C(O)C=CC(=O)O. The highest BCUT2D eigenvalue weighted by atomic mass is 79.9. The van der Waals surface area contributed by atoms with Crippen molar-refractivity contribution in [2.75, 3.05) is 59.2 Å². The Bertz CT molecular complexity index is 1030. The lowest BCUT2D eigenvalue weighted by Crippen LogP contribution is -2.46. The van der Waals surface area contributed by atoms with Crippen LogP contribution in [-0.4, -0.2) is 125 Å². The van der Waals surface area contributed by atoms with E-state index in [4.69, 9.17) is 25.2 Å². The minimum absolute atomic E-state index is 0.0670. The van der Waals surface area contributed by atoms with Crippen molar-refractivity contribution >= 4 is 51.5 Å². The third-order valence-electron chi connectivity index (χ3n) is 4.94. The van der Waals surface area contributed by atoms with Crippen molar-refractivity contribution in [3.05, 3.63) is 40.4 Å². The van der Waals surface area contributed by atoms with Gasteiger partial charge in [-0.05, 0) is 35.6 Å². The molecule has 1 aliphatic heterocycles. The first kappa shape index (κ1) is 36.0. The Hall–Kier alpha value is -4.02. The molecule has 0 aromatic carbocycles. The molecule has 2 heterocycles. The molecule has 6 N–H and O–H groups in total. The maximum Gasteiger partial charge on any atom is 0.328 e. The summed E-state index contributed by atoms with van der Waals surface area (Å²) in [4.78, 5) is 59.9. The minimum atomic E-state index is -1.26. The van der Waals surface area contributed by atoms with Gasteiger partial charge in [-0.1, -0.05) is 6.92 Å². The van der Waals surface area contributed by atoms with E-state index in [2.05, 4.69) is 55.3 Å². The molecule has 1 aromatic rings. The molecule has 0 radical (unpaired) electrons. The second-order valence-electron chi connectivity index (χ2n) is 7.97. The van der Waals surface area contributed by atoms with Crippen molar-refractivity contribution in [2.24, 2.45) is 0 Å². The number of methoxy groups -OCH3 is 1. The summed E-state index contributed by atoms with van der Waals surface area (Å²) in [5, 5.41) is 37.3. The summed E-state index contributed by atoms with van der Waals surface area (Å²) in [6, 6.07) is 1.81. The van der Waals surface area contributed by atoms with Crippen LogP contribution in [0.3, 0.4) is 0 Å². The highest BCUT2D eigenvalue weighted by Crippen LogP contribution is 2.27. The van der Waals surface area contributed by atoms with E-state index in [1.54, 1.807) is 13.1 Å². The number of ether oxygens (including phenoxy) is 1. The fraction of sp³-hybridized carbons (Fsp3) is 0.417. The molecule has 1 aromatic heterocycles. The summed E-state index contributed by atoms with van der Waals surface area (Å²) in [5.74, 6) is -4.25. The van der Waals surface area contributed by atoms with E-state index in [9.17, 15) is 24.0 Å². The molecule has 1 amide bonds. The number of pyridine rings is 1. The highest BCUT2D eigenvalue weighted by Gasteiger charge is 2.24. The Kier molecular flexibility index (Phi) is 17.2. The number of aliphatic carboxylic acids is 4. The zero-order chi connectivity index (χ0) is 30.8. The lowest BCUT2D eigenvalue weighted by atomic mass is 10.2. The first-order valence-corrected chi connectivity index (χ1v) is 12.4. The van der Waals surface area contributed by atoms with Crippen molar-refractivity contribution in [3.8, 4) is 5.88 Å². The summed E-state index contributed by atoms with van der Waals surface area (Å²) < 4.78 is 6.01. The largest absolute Gasteiger partial charge is 0.480 e. The van der Waals surface area contributed by atoms with Crippen molar-refractivity contribution in [1.82, 2.24) is 20.1 Å². The van der Waals surface area contributed by atoms with Crippen LogP contribution >= 0.6 is 15.9 Å². The number of carbonyl (C=O) groups excluding carboxylic acids is 1. The van der Waals surface area contributed by atoms with E-state index in [0.29, 0.717) is 41.6 Å². The number of rotatable bonds is 9. The average molecular weight is 632 g/mol. The number of nitrogens with zero attached hydrogens (tertiary/aromatic N) is 3. The fourth-order valence-electron chi connectivity index (χ4n) is 3.13. The van der Waals surface area contributed by atoms with Gasteiger partial charge < -0.3 is 45.6 Å². The molecule has 1 fully saturated rings. The second-order valence-corrected chi connectivity index (χ2v) is 8.83. The number of aromatic nitrogens is 1. The van der Waals surface area contributed by atoms with E-state index < -0.39 is 23.9 Å². The van der Waals surface area contributed by atoms with Gasteiger partial charge in [-0.25, -0.2) is 19.2 Å². The predicted octanol–water partition coefficient (Wildman–Crippen LogP) is 0.684. The summed E-state index contributed by atoms with van der Waals surface area (Å²) in [7, 11) is 5.37. The quantitative estimate of drug-likeness (QED) is 0.206. The Morgan fingerprint density at radius 3 is 1.90 bits per heavy atom. The van der Waals surface area contributed by atoms with Gasteiger partial charge in [0.05, 0.1) is 17.6 Å².